The molecule has 1 aromatic carbocycles. The Hall–Kier alpha value is 0.0700. The molecular formula is C10H9Cl2NaO3. The smallest absolute Gasteiger partial charge is 0.546 e. The first-order valence-electron chi connectivity index (χ1n) is 4.37. The van der Waals surface area contributed by atoms with Gasteiger partial charge in [0.25, 0.3) is 0 Å². The number of hydrogen-bond donors (Lipinski definition) is 0. The third-order valence-electron chi connectivity index (χ3n) is 1.80. The van der Waals surface area contributed by atoms with E-state index >= 15 is 0 Å². The number of carboxylic acid groups (broad SMARTS) is 1. The summed E-state index contributed by atoms with van der Waals surface area (Å²) < 4.78 is 5.16. The van der Waals surface area contributed by atoms with E-state index in [1.165, 1.54) is 12.1 Å². The summed E-state index contributed by atoms with van der Waals surface area (Å²) in [4.78, 5) is 10.6. The van der Waals surface area contributed by atoms with Crippen LogP contribution >= 0.6 is 23.2 Å². The molecule has 0 aromatic heterocycles. The summed E-state index contributed by atoms with van der Waals surface area (Å²) in [5.41, 5.74) is 0. The monoisotopic (exact) mass is 270 g/mol. The summed E-state index contributed by atoms with van der Waals surface area (Å²) >= 11 is 11.5. The van der Waals surface area contributed by atoms with Gasteiger partial charge in [0.15, 0.2) is 0 Å². The third kappa shape index (κ3) is 4.52. The summed E-state index contributed by atoms with van der Waals surface area (Å²) in [5, 5.41) is 11.4. The summed E-state index contributed by atoms with van der Waals surface area (Å²) in [7, 11) is 0. The number of halogens is 2. The van der Waals surface area contributed by atoms with Gasteiger partial charge in [0.05, 0.1) is 11.0 Å². The van der Waals surface area contributed by atoms with Gasteiger partial charge in [-0.25, -0.2) is 0 Å². The van der Waals surface area contributed by atoms with E-state index in [4.69, 9.17) is 27.9 Å². The quantitative estimate of drug-likeness (QED) is 0.653. The van der Waals surface area contributed by atoms with E-state index in [9.17, 15) is 9.90 Å². The van der Waals surface area contributed by atoms with Crippen LogP contribution in [0.1, 0.15) is 13.3 Å². The molecule has 0 saturated heterocycles. The molecule has 3 nitrogen and oxygen atoms in total. The first-order chi connectivity index (χ1) is 7.04. The van der Waals surface area contributed by atoms with Crippen LogP contribution < -0.4 is 39.4 Å². The first-order valence-corrected chi connectivity index (χ1v) is 5.12. The second-order valence-corrected chi connectivity index (χ2v) is 3.75. The van der Waals surface area contributed by atoms with Crippen LogP contribution in [0.5, 0.6) is 5.75 Å². The van der Waals surface area contributed by atoms with Crippen molar-refractivity contribution in [2.45, 2.75) is 19.4 Å². The number of carboxylic acids is 1. The molecule has 0 heterocycles. The fraction of sp³-hybridized carbons (Fsp3) is 0.300. The average Bonchev–Trinajstić information content (AvgIpc) is 2.16. The predicted octanol–water partition coefficient (Wildman–Crippen LogP) is -1.10. The molecule has 0 aliphatic rings. The maximum atomic E-state index is 10.6. The van der Waals surface area contributed by atoms with Crippen LogP contribution in [0, 0.1) is 0 Å². The number of aliphatic carboxylic acids is 1. The standard InChI is InChI=1S/C10H10Cl2O3.Na/c1-2-8(10(13)14)15-9-4-3-6(11)5-7(9)12;/h3-5,8H,2H2,1H3,(H,13,14);/q;+1/p-1/t8-;/m1./s1. The number of hydrogen-bond acceptors (Lipinski definition) is 3. The van der Waals surface area contributed by atoms with Crippen molar-refractivity contribution in [3.05, 3.63) is 28.2 Å². The zero-order valence-electron chi connectivity index (χ0n) is 9.00. The minimum atomic E-state index is -1.26. The number of ether oxygens (including phenoxy) is 1. The summed E-state index contributed by atoms with van der Waals surface area (Å²) in [5.74, 6) is -0.972. The van der Waals surface area contributed by atoms with Gasteiger partial charge in [-0.1, -0.05) is 30.1 Å². The van der Waals surface area contributed by atoms with Gasteiger partial charge < -0.3 is 14.6 Å². The first kappa shape index (κ1) is 16.1. The molecule has 0 aliphatic heterocycles. The zero-order chi connectivity index (χ0) is 11.4. The van der Waals surface area contributed by atoms with Gasteiger partial charge in [0, 0.05) is 5.02 Å². The van der Waals surface area contributed by atoms with Crippen molar-refractivity contribution in [2.24, 2.45) is 0 Å². The van der Waals surface area contributed by atoms with Crippen molar-refractivity contribution >= 4 is 29.2 Å². The van der Waals surface area contributed by atoms with E-state index in [1.807, 2.05) is 0 Å². The largest absolute Gasteiger partial charge is 1.00 e. The molecule has 6 heteroatoms. The molecule has 0 fully saturated rings. The van der Waals surface area contributed by atoms with Crippen molar-refractivity contribution in [3.63, 3.8) is 0 Å². The molecule has 0 aliphatic carbocycles. The summed E-state index contributed by atoms with van der Waals surface area (Å²) in [6, 6.07) is 4.58. The maximum absolute atomic E-state index is 10.6. The Kier molecular flexibility index (Phi) is 7.44. The van der Waals surface area contributed by atoms with Gasteiger partial charge in [0.2, 0.25) is 0 Å². The molecule has 0 amide bonds. The normalized spacial score (nSPS) is 11.4. The van der Waals surface area contributed by atoms with Crippen molar-refractivity contribution in [2.75, 3.05) is 0 Å². The molecule has 82 valence electrons. The van der Waals surface area contributed by atoms with E-state index in [0.717, 1.165) is 0 Å². The molecule has 0 bridgehead atoms. The van der Waals surface area contributed by atoms with Crippen LogP contribution in [0.4, 0.5) is 0 Å². The molecule has 0 radical (unpaired) electrons. The molecule has 0 saturated carbocycles. The fourth-order valence-electron chi connectivity index (χ4n) is 1.02. The number of carbonyl (C=O) groups excluding carboxylic acids is 1. The van der Waals surface area contributed by atoms with Crippen molar-refractivity contribution in [3.8, 4) is 5.75 Å². The van der Waals surface area contributed by atoms with Gasteiger partial charge in [-0.3, -0.25) is 0 Å². The summed E-state index contributed by atoms with van der Waals surface area (Å²) in [6.07, 6.45) is -0.690. The fourth-order valence-corrected chi connectivity index (χ4v) is 1.48. The minimum Gasteiger partial charge on any atom is -0.546 e. The van der Waals surface area contributed by atoms with Crippen molar-refractivity contribution in [1.82, 2.24) is 0 Å². The van der Waals surface area contributed by atoms with Crippen LogP contribution in [0.2, 0.25) is 10.0 Å². The zero-order valence-corrected chi connectivity index (χ0v) is 12.5. The van der Waals surface area contributed by atoms with Crippen molar-refractivity contribution < 1.29 is 44.2 Å². The number of benzene rings is 1. The Labute approximate surface area is 126 Å². The van der Waals surface area contributed by atoms with Crippen LogP contribution in [-0.2, 0) is 4.79 Å². The van der Waals surface area contributed by atoms with Crippen LogP contribution in [0.3, 0.4) is 0 Å². The van der Waals surface area contributed by atoms with E-state index < -0.39 is 12.1 Å². The van der Waals surface area contributed by atoms with Gasteiger partial charge in [-0.15, -0.1) is 0 Å². The van der Waals surface area contributed by atoms with Gasteiger partial charge in [-0.2, -0.15) is 0 Å². The second kappa shape index (κ2) is 7.41. The molecule has 1 aromatic rings. The van der Waals surface area contributed by atoms with Gasteiger partial charge >= 0.3 is 29.6 Å². The van der Waals surface area contributed by atoms with Crippen molar-refractivity contribution in [1.29, 1.82) is 0 Å². The SMILES string of the molecule is CC[C@@H](Oc1ccc(Cl)cc1Cl)C(=O)[O-].[Na+]. The molecular weight excluding hydrogens is 262 g/mol. The number of carbonyl (C=O) groups is 1. The molecule has 1 atom stereocenters. The third-order valence-corrected chi connectivity index (χ3v) is 2.33. The second-order valence-electron chi connectivity index (χ2n) is 2.91. The van der Waals surface area contributed by atoms with Crippen LogP contribution in [0.25, 0.3) is 0 Å². The Bertz CT molecular complexity index is 371. The number of rotatable bonds is 4. The Morgan fingerprint density at radius 1 is 1.50 bits per heavy atom. The predicted molar refractivity (Wildman–Crippen MR) is 56.2 cm³/mol. The van der Waals surface area contributed by atoms with Crippen LogP contribution in [-0.4, -0.2) is 12.1 Å². The van der Waals surface area contributed by atoms with Crippen LogP contribution in [0.15, 0.2) is 18.2 Å². The van der Waals surface area contributed by atoms with Gasteiger partial charge in [-0.05, 0) is 24.6 Å². The summed E-state index contributed by atoms with van der Waals surface area (Å²) in [6.45, 7) is 1.68. The molecule has 0 N–H and O–H groups in total. The molecule has 1 rings (SSSR count). The van der Waals surface area contributed by atoms with E-state index in [0.29, 0.717) is 11.4 Å². The van der Waals surface area contributed by atoms with E-state index in [-0.39, 0.29) is 40.3 Å². The Balaban J connectivity index is 0.00000225. The van der Waals surface area contributed by atoms with Gasteiger partial charge in [0.1, 0.15) is 11.9 Å². The maximum Gasteiger partial charge on any atom is 1.00 e. The van der Waals surface area contributed by atoms with E-state index in [1.54, 1.807) is 13.0 Å². The average molecular weight is 271 g/mol. The molecule has 0 unspecified atom stereocenters. The molecule has 16 heavy (non-hydrogen) atoms. The van der Waals surface area contributed by atoms with E-state index in [2.05, 4.69) is 0 Å². The Morgan fingerprint density at radius 2 is 2.12 bits per heavy atom. The molecule has 0 spiro atoms. The minimum absolute atomic E-state index is 0. The topological polar surface area (TPSA) is 49.4 Å². The Morgan fingerprint density at radius 3 is 2.56 bits per heavy atom.